The van der Waals surface area contributed by atoms with E-state index in [0.717, 1.165) is 11.1 Å². The fraction of sp³-hybridized carbons (Fsp3) is 0.588. The summed E-state index contributed by atoms with van der Waals surface area (Å²) in [6, 6.07) is 4.20. The summed E-state index contributed by atoms with van der Waals surface area (Å²) in [5.41, 5.74) is 4.74. The summed E-state index contributed by atoms with van der Waals surface area (Å²) in [5, 5.41) is 0. The second kappa shape index (κ2) is 3.69. The Kier molecular flexibility index (Phi) is 2.73. The van der Waals surface area contributed by atoms with Gasteiger partial charge in [0.1, 0.15) is 0 Å². The molecule has 0 bridgehead atoms. The van der Waals surface area contributed by atoms with Crippen LogP contribution in [0.4, 0.5) is 0 Å². The van der Waals surface area contributed by atoms with Crippen molar-refractivity contribution >= 4 is 5.78 Å². The number of carbonyl (C=O) groups excluding carboxylic acids is 1. The van der Waals surface area contributed by atoms with E-state index >= 15 is 0 Å². The molecule has 1 aromatic rings. The van der Waals surface area contributed by atoms with Gasteiger partial charge in [-0.15, -0.1) is 0 Å². The summed E-state index contributed by atoms with van der Waals surface area (Å²) in [5.74, 6) is 0.483. The maximum Gasteiger partial charge on any atom is 0.167 e. The van der Waals surface area contributed by atoms with Gasteiger partial charge in [0.15, 0.2) is 5.78 Å². The molecule has 1 aliphatic carbocycles. The third kappa shape index (κ3) is 1.64. The maximum atomic E-state index is 12.7. The van der Waals surface area contributed by atoms with Crippen molar-refractivity contribution in [2.45, 2.75) is 48.5 Å². The number of ketones is 1. The molecule has 0 aliphatic heterocycles. The lowest BCUT2D eigenvalue weighted by Gasteiger charge is -2.10. The minimum Gasteiger partial charge on any atom is -0.294 e. The normalized spacial score (nSPS) is 20.8. The minimum atomic E-state index is 0.120. The predicted octanol–water partition coefficient (Wildman–Crippen LogP) is 4.48. The number of Topliss-reactive ketones (excluding diaryl/α,β-unsaturated/α-hetero) is 1. The lowest BCUT2D eigenvalue weighted by atomic mass is 9.94. The van der Waals surface area contributed by atoms with Crippen molar-refractivity contribution in [3.8, 4) is 0 Å². The molecule has 0 atom stereocenters. The Bertz CT molecular complexity index is 507. The van der Waals surface area contributed by atoms with Crippen LogP contribution in [0.1, 0.15) is 54.7 Å². The highest BCUT2D eigenvalue weighted by molar-refractivity contribution is 6.02. The minimum absolute atomic E-state index is 0.120. The highest BCUT2D eigenvalue weighted by Gasteiger charge is 2.67. The number of hydrogen-bond acceptors (Lipinski definition) is 1. The van der Waals surface area contributed by atoms with Crippen molar-refractivity contribution in [2.75, 3.05) is 0 Å². The van der Waals surface area contributed by atoms with Gasteiger partial charge in [-0.25, -0.2) is 0 Å². The van der Waals surface area contributed by atoms with E-state index in [2.05, 4.69) is 53.7 Å². The molecule has 1 aromatic carbocycles. The lowest BCUT2D eigenvalue weighted by Crippen LogP contribution is -2.10. The molecule has 1 aliphatic rings. The van der Waals surface area contributed by atoms with Crippen LogP contribution >= 0.6 is 0 Å². The third-order valence-electron chi connectivity index (χ3n) is 5.39. The highest BCUT2D eigenvalue weighted by Crippen LogP contribution is 2.69. The predicted molar refractivity (Wildman–Crippen MR) is 76.0 cm³/mol. The van der Waals surface area contributed by atoms with Gasteiger partial charge in [0.05, 0.1) is 0 Å². The van der Waals surface area contributed by atoms with Crippen molar-refractivity contribution in [2.24, 2.45) is 16.7 Å². The molecule has 1 fully saturated rings. The molecule has 0 unspecified atom stereocenters. The molecule has 1 heteroatoms. The Morgan fingerprint density at radius 1 is 0.889 bits per heavy atom. The first-order chi connectivity index (χ1) is 8.10. The van der Waals surface area contributed by atoms with Crippen LogP contribution in [0.5, 0.6) is 0 Å². The standard InChI is InChI=1S/C17H24O/c1-10-8-12(3)13(9-11(10)2)14(18)15-16(4,5)17(15,6)7/h8-9,15H,1-7H3. The highest BCUT2D eigenvalue weighted by atomic mass is 16.1. The Morgan fingerprint density at radius 3 is 1.78 bits per heavy atom. The Hall–Kier alpha value is -1.11. The van der Waals surface area contributed by atoms with E-state index in [9.17, 15) is 4.79 Å². The number of hydrogen-bond donors (Lipinski definition) is 0. The van der Waals surface area contributed by atoms with E-state index in [1.54, 1.807) is 0 Å². The van der Waals surface area contributed by atoms with Crippen LogP contribution < -0.4 is 0 Å². The van der Waals surface area contributed by atoms with Crippen molar-refractivity contribution in [3.63, 3.8) is 0 Å². The number of carbonyl (C=O) groups is 1. The van der Waals surface area contributed by atoms with Crippen LogP contribution in [0, 0.1) is 37.5 Å². The molecular formula is C17H24O. The first-order valence-corrected chi connectivity index (χ1v) is 6.72. The molecule has 0 amide bonds. The van der Waals surface area contributed by atoms with E-state index < -0.39 is 0 Å². The quantitative estimate of drug-likeness (QED) is 0.701. The average molecular weight is 244 g/mol. The van der Waals surface area contributed by atoms with Gasteiger partial charge in [-0.1, -0.05) is 33.8 Å². The van der Waals surface area contributed by atoms with Gasteiger partial charge in [0.25, 0.3) is 0 Å². The van der Waals surface area contributed by atoms with E-state index in [1.165, 1.54) is 11.1 Å². The van der Waals surface area contributed by atoms with Gasteiger partial charge in [0, 0.05) is 11.5 Å². The Balaban J connectivity index is 2.41. The second-order valence-electron chi connectivity index (χ2n) is 6.99. The van der Waals surface area contributed by atoms with Gasteiger partial charge in [-0.3, -0.25) is 4.79 Å². The summed E-state index contributed by atoms with van der Waals surface area (Å²) in [6.45, 7) is 15.0. The van der Waals surface area contributed by atoms with Crippen molar-refractivity contribution in [1.29, 1.82) is 0 Å². The van der Waals surface area contributed by atoms with Gasteiger partial charge >= 0.3 is 0 Å². The molecule has 2 rings (SSSR count). The van der Waals surface area contributed by atoms with Crippen LogP contribution in [-0.2, 0) is 0 Å². The van der Waals surface area contributed by atoms with Crippen molar-refractivity contribution in [1.82, 2.24) is 0 Å². The van der Waals surface area contributed by atoms with E-state index in [0.29, 0.717) is 5.78 Å². The zero-order valence-corrected chi connectivity index (χ0v) is 12.6. The summed E-state index contributed by atoms with van der Waals surface area (Å²) < 4.78 is 0. The van der Waals surface area contributed by atoms with Gasteiger partial charge in [-0.2, -0.15) is 0 Å². The maximum absolute atomic E-state index is 12.7. The van der Waals surface area contributed by atoms with Gasteiger partial charge in [0.2, 0.25) is 0 Å². The topological polar surface area (TPSA) is 17.1 Å². The van der Waals surface area contributed by atoms with Crippen LogP contribution in [0.15, 0.2) is 12.1 Å². The SMILES string of the molecule is Cc1cc(C)c(C(=O)C2C(C)(C)C2(C)C)cc1C. The Morgan fingerprint density at radius 2 is 1.33 bits per heavy atom. The number of rotatable bonds is 2. The first-order valence-electron chi connectivity index (χ1n) is 6.72. The zero-order chi connectivity index (χ0) is 13.9. The lowest BCUT2D eigenvalue weighted by molar-refractivity contribution is 0.0944. The first kappa shape index (κ1) is 13.3. The molecule has 0 radical (unpaired) electrons. The van der Waals surface area contributed by atoms with Gasteiger partial charge in [-0.05, 0) is 54.4 Å². The fourth-order valence-electron chi connectivity index (χ4n) is 3.23. The summed E-state index contributed by atoms with van der Waals surface area (Å²) in [6.07, 6.45) is 0. The van der Waals surface area contributed by atoms with Crippen LogP contribution in [-0.4, -0.2) is 5.78 Å². The molecule has 0 spiro atoms. The largest absolute Gasteiger partial charge is 0.294 e. The molecule has 18 heavy (non-hydrogen) atoms. The molecule has 0 heterocycles. The number of benzene rings is 1. The summed E-state index contributed by atoms with van der Waals surface area (Å²) in [4.78, 5) is 12.7. The zero-order valence-electron chi connectivity index (χ0n) is 12.6. The van der Waals surface area contributed by atoms with Crippen LogP contribution in [0.2, 0.25) is 0 Å². The van der Waals surface area contributed by atoms with Crippen molar-refractivity contribution in [3.05, 3.63) is 34.4 Å². The monoisotopic (exact) mass is 244 g/mol. The van der Waals surface area contributed by atoms with Crippen molar-refractivity contribution < 1.29 is 4.79 Å². The van der Waals surface area contributed by atoms with Gasteiger partial charge < -0.3 is 0 Å². The third-order valence-corrected chi connectivity index (χ3v) is 5.39. The van der Waals surface area contributed by atoms with Crippen LogP contribution in [0.3, 0.4) is 0 Å². The average Bonchev–Trinajstić information content (AvgIpc) is 2.62. The summed E-state index contributed by atoms with van der Waals surface area (Å²) >= 11 is 0. The molecule has 98 valence electrons. The van der Waals surface area contributed by atoms with E-state index in [1.807, 2.05) is 6.92 Å². The molecule has 0 aromatic heterocycles. The molecule has 1 nitrogen and oxygen atoms in total. The summed E-state index contributed by atoms with van der Waals surface area (Å²) in [7, 11) is 0. The van der Waals surface area contributed by atoms with E-state index in [4.69, 9.17) is 0 Å². The molecule has 0 N–H and O–H groups in total. The fourth-order valence-corrected chi connectivity index (χ4v) is 3.23. The number of aryl methyl sites for hydroxylation is 3. The smallest absolute Gasteiger partial charge is 0.167 e. The Labute approximate surface area is 111 Å². The second-order valence-corrected chi connectivity index (χ2v) is 6.99. The van der Waals surface area contributed by atoms with E-state index in [-0.39, 0.29) is 16.7 Å². The molecule has 1 saturated carbocycles. The molecule has 0 saturated heterocycles. The molecular weight excluding hydrogens is 220 g/mol. The van der Waals surface area contributed by atoms with Crippen LogP contribution in [0.25, 0.3) is 0 Å².